The maximum Gasteiger partial charge on any atom is 0.292 e. The van der Waals surface area contributed by atoms with Gasteiger partial charge in [0.2, 0.25) is 5.89 Å². The highest BCUT2D eigenvalue weighted by molar-refractivity contribution is 5.94. The van der Waals surface area contributed by atoms with E-state index < -0.39 is 5.91 Å². The maximum absolute atomic E-state index is 12.8. The highest BCUT2D eigenvalue weighted by Crippen LogP contribution is 2.24. The number of hydrogen-bond donors (Lipinski definition) is 2. The summed E-state index contributed by atoms with van der Waals surface area (Å²) >= 11 is 0. The van der Waals surface area contributed by atoms with Gasteiger partial charge >= 0.3 is 0 Å². The van der Waals surface area contributed by atoms with Crippen LogP contribution in [0.5, 0.6) is 0 Å². The van der Waals surface area contributed by atoms with Crippen molar-refractivity contribution in [2.75, 3.05) is 13.1 Å². The number of nitrogens with one attached hydrogen (secondary N) is 2. The first-order valence-electron chi connectivity index (χ1n) is 12.8. The molecule has 0 radical (unpaired) electrons. The minimum atomic E-state index is -0.413. The third-order valence-electron chi connectivity index (χ3n) is 6.42. The number of rotatable bonds is 10. The van der Waals surface area contributed by atoms with Crippen molar-refractivity contribution in [1.29, 1.82) is 0 Å². The van der Waals surface area contributed by atoms with Crippen LogP contribution in [0.4, 0.5) is 0 Å². The van der Waals surface area contributed by atoms with Crippen molar-refractivity contribution >= 4 is 11.8 Å². The molecule has 0 aliphatic rings. The lowest BCUT2D eigenvalue weighted by Gasteiger charge is -2.18. The Morgan fingerprint density at radius 3 is 1.85 bits per heavy atom. The van der Waals surface area contributed by atoms with Crippen LogP contribution in [0.1, 0.15) is 43.9 Å². The van der Waals surface area contributed by atoms with Crippen LogP contribution in [0.15, 0.2) is 120 Å². The second-order valence-electron chi connectivity index (χ2n) is 9.04. The number of aromatic nitrogens is 2. The van der Waals surface area contributed by atoms with Crippen molar-refractivity contribution in [3.05, 3.63) is 144 Å². The smallest absolute Gasteiger partial charge is 0.292 e. The topological polar surface area (TPSA) is 97.1 Å². The van der Waals surface area contributed by atoms with Gasteiger partial charge < -0.3 is 15.2 Å². The van der Waals surface area contributed by atoms with E-state index in [1.807, 2.05) is 103 Å². The first-order valence-corrected chi connectivity index (χ1v) is 12.8. The van der Waals surface area contributed by atoms with Gasteiger partial charge in [0, 0.05) is 31.0 Å². The SMILES string of the molecule is O=C(NCCc1nc(C(=O)NCC(c2ccccc2)c2ccccc2)no1)c1ccc(-c2ccccc2)cc1. The van der Waals surface area contributed by atoms with Gasteiger partial charge in [-0.3, -0.25) is 9.59 Å². The lowest BCUT2D eigenvalue weighted by molar-refractivity contribution is 0.0935. The van der Waals surface area contributed by atoms with E-state index in [0.29, 0.717) is 25.1 Å². The van der Waals surface area contributed by atoms with E-state index in [9.17, 15) is 9.59 Å². The largest absolute Gasteiger partial charge is 0.352 e. The van der Waals surface area contributed by atoms with Gasteiger partial charge in [-0.2, -0.15) is 4.98 Å². The van der Waals surface area contributed by atoms with E-state index in [-0.39, 0.29) is 23.5 Å². The summed E-state index contributed by atoms with van der Waals surface area (Å²) < 4.78 is 5.24. The lowest BCUT2D eigenvalue weighted by atomic mass is 9.91. The summed E-state index contributed by atoms with van der Waals surface area (Å²) in [6, 6.07) is 37.5. The number of benzene rings is 4. The van der Waals surface area contributed by atoms with Gasteiger partial charge in [-0.15, -0.1) is 0 Å². The van der Waals surface area contributed by atoms with E-state index in [1.165, 1.54) is 0 Å². The van der Waals surface area contributed by atoms with Gasteiger partial charge in [0.05, 0.1) is 0 Å². The molecule has 7 heteroatoms. The molecule has 2 N–H and O–H groups in total. The summed E-state index contributed by atoms with van der Waals surface area (Å²) in [6.45, 7) is 0.683. The zero-order valence-electron chi connectivity index (χ0n) is 21.3. The van der Waals surface area contributed by atoms with Crippen LogP contribution >= 0.6 is 0 Å². The van der Waals surface area contributed by atoms with Gasteiger partial charge in [0.25, 0.3) is 17.6 Å². The normalized spacial score (nSPS) is 10.8. The van der Waals surface area contributed by atoms with E-state index in [4.69, 9.17) is 4.52 Å². The number of amides is 2. The van der Waals surface area contributed by atoms with Crippen LogP contribution in [0.2, 0.25) is 0 Å². The molecule has 0 unspecified atom stereocenters. The number of nitrogens with zero attached hydrogens (tertiary/aromatic N) is 2. The molecule has 4 aromatic carbocycles. The first-order chi connectivity index (χ1) is 19.2. The molecule has 0 spiro atoms. The van der Waals surface area contributed by atoms with Gasteiger partial charge in [-0.05, 0) is 34.4 Å². The average Bonchev–Trinajstić information content (AvgIpc) is 3.48. The van der Waals surface area contributed by atoms with E-state index in [0.717, 1.165) is 22.3 Å². The second kappa shape index (κ2) is 12.5. The summed E-state index contributed by atoms with van der Waals surface area (Å²) in [6.07, 6.45) is 0.310. The number of hydrogen-bond acceptors (Lipinski definition) is 5. The van der Waals surface area contributed by atoms with Crippen LogP contribution in [0.3, 0.4) is 0 Å². The Kier molecular flexibility index (Phi) is 8.19. The minimum absolute atomic E-state index is 0.0142. The predicted octanol–water partition coefficient (Wildman–Crippen LogP) is 5.27. The Morgan fingerprint density at radius 2 is 1.23 bits per heavy atom. The van der Waals surface area contributed by atoms with Crippen LogP contribution in [0, 0.1) is 0 Å². The molecule has 7 nitrogen and oxygen atoms in total. The number of carbonyl (C=O) groups is 2. The molecule has 5 rings (SSSR count). The van der Waals surface area contributed by atoms with Crippen molar-refractivity contribution < 1.29 is 14.1 Å². The fourth-order valence-electron chi connectivity index (χ4n) is 4.35. The summed E-state index contributed by atoms with van der Waals surface area (Å²) in [4.78, 5) is 29.5. The molecule has 0 aliphatic carbocycles. The van der Waals surface area contributed by atoms with Crippen LogP contribution in [-0.4, -0.2) is 35.0 Å². The molecular formula is C32H28N4O3. The van der Waals surface area contributed by atoms with Crippen molar-refractivity contribution in [2.24, 2.45) is 0 Å². The molecule has 0 aliphatic heterocycles. The molecule has 1 heterocycles. The van der Waals surface area contributed by atoms with Gasteiger partial charge in [0.1, 0.15) is 0 Å². The molecule has 0 bridgehead atoms. The fourth-order valence-corrected chi connectivity index (χ4v) is 4.35. The van der Waals surface area contributed by atoms with Gasteiger partial charge in [0.15, 0.2) is 0 Å². The predicted molar refractivity (Wildman–Crippen MR) is 149 cm³/mol. The summed E-state index contributed by atoms with van der Waals surface area (Å²) in [7, 11) is 0. The Balaban J connectivity index is 1.13. The van der Waals surface area contributed by atoms with Crippen molar-refractivity contribution in [3.8, 4) is 11.1 Å². The van der Waals surface area contributed by atoms with Crippen LogP contribution in [-0.2, 0) is 6.42 Å². The summed E-state index contributed by atoms with van der Waals surface area (Å²) in [5, 5.41) is 9.61. The fraction of sp³-hybridized carbons (Fsp3) is 0.125. The van der Waals surface area contributed by atoms with E-state index >= 15 is 0 Å². The number of carbonyl (C=O) groups excluding carboxylic acids is 2. The van der Waals surface area contributed by atoms with E-state index in [1.54, 1.807) is 12.1 Å². The molecule has 1 aromatic heterocycles. The van der Waals surface area contributed by atoms with E-state index in [2.05, 4.69) is 20.8 Å². The Labute approximate surface area is 226 Å². The van der Waals surface area contributed by atoms with Crippen molar-refractivity contribution in [1.82, 2.24) is 20.8 Å². The zero-order valence-corrected chi connectivity index (χ0v) is 21.3. The third-order valence-corrected chi connectivity index (χ3v) is 6.42. The standard InChI is InChI=1S/C32H28N4O3/c37-31(27-18-16-24(17-19-27)23-10-4-1-5-11-23)33-21-20-29-35-30(36-39-29)32(38)34-22-28(25-12-6-2-7-13-25)26-14-8-3-9-15-26/h1-19,28H,20-22H2,(H,33,37)(H,34,38). The van der Waals surface area contributed by atoms with Crippen molar-refractivity contribution in [3.63, 3.8) is 0 Å². The average molecular weight is 517 g/mol. The quantitative estimate of drug-likeness (QED) is 0.264. The highest BCUT2D eigenvalue weighted by Gasteiger charge is 2.19. The van der Waals surface area contributed by atoms with Crippen LogP contribution in [0.25, 0.3) is 11.1 Å². The van der Waals surface area contributed by atoms with Gasteiger partial charge in [-0.1, -0.05) is 108 Å². The highest BCUT2D eigenvalue weighted by atomic mass is 16.5. The van der Waals surface area contributed by atoms with Gasteiger partial charge in [-0.25, -0.2) is 0 Å². The molecule has 0 saturated heterocycles. The third kappa shape index (κ3) is 6.64. The Hall–Kier alpha value is -5.04. The molecule has 0 fully saturated rings. The Bertz CT molecular complexity index is 1460. The summed E-state index contributed by atoms with van der Waals surface area (Å²) in [5.74, 6) is -0.376. The maximum atomic E-state index is 12.8. The molecule has 0 atom stereocenters. The molecule has 0 saturated carbocycles. The molecule has 194 valence electrons. The zero-order chi connectivity index (χ0) is 26.9. The lowest BCUT2D eigenvalue weighted by Crippen LogP contribution is -2.29. The molecule has 39 heavy (non-hydrogen) atoms. The second-order valence-corrected chi connectivity index (χ2v) is 9.04. The molecule has 2 amide bonds. The van der Waals surface area contributed by atoms with Crippen LogP contribution < -0.4 is 10.6 Å². The first kappa shape index (κ1) is 25.6. The monoisotopic (exact) mass is 516 g/mol. The Morgan fingerprint density at radius 1 is 0.667 bits per heavy atom. The minimum Gasteiger partial charge on any atom is -0.352 e. The molecule has 5 aromatic rings. The van der Waals surface area contributed by atoms with Crippen molar-refractivity contribution in [2.45, 2.75) is 12.3 Å². The summed E-state index contributed by atoms with van der Waals surface area (Å²) in [5.41, 5.74) is 4.90. The molecular weight excluding hydrogens is 488 g/mol.